The first-order valence-corrected chi connectivity index (χ1v) is 17.4. The monoisotopic (exact) mass is 662 g/mol. The Balaban J connectivity index is 1.11. The molecular weight excluding hydrogens is 616 g/mol. The first kappa shape index (κ1) is 32.8. The van der Waals surface area contributed by atoms with Crippen LogP contribution >= 0.6 is 0 Å². The van der Waals surface area contributed by atoms with Gasteiger partial charge in [0.15, 0.2) is 5.82 Å². The Kier molecular flexibility index (Phi) is 9.92. The maximum Gasteiger partial charge on any atom is 0.247 e. The van der Waals surface area contributed by atoms with E-state index in [-0.39, 0.29) is 11.9 Å². The van der Waals surface area contributed by atoms with Crippen molar-refractivity contribution in [2.75, 3.05) is 80.1 Å². The number of fused-ring (bicyclic) bond motifs is 1. The molecule has 0 bridgehead atoms. The highest BCUT2D eigenvalue weighted by Gasteiger charge is 2.31. The standard InChI is InChI=1S/C38H46N8O3/c1-4-38(47)42-31-23-32(35(48-3)24-34(31)45-16-13-28(14-17-45)44-20-18-43(5-2)19-21-44)41-36-25-37(40-26-39-36)46-33(15-22-49-46)30-12-8-10-27-9-6-7-11-29(27)30/h4,6-12,23-26,28,33H,1,5,13-22H2,2-3H3,(H,42,47)(H,39,40,41). The van der Waals surface area contributed by atoms with Crippen molar-refractivity contribution in [2.24, 2.45) is 0 Å². The van der Waals surface area contributed by atoms with Crippen molar-refractivity contribution < 1.29 is 14.4 Å². The van der Waals surface area contributed by atoms with Gasteiger partial charge in [-0.25, -0.2) is 15.0 Å². The molecule has 0 aliphatic carbocycles. The van der Waals surface area contributed by atoms with Gasteiger partial charge in [0.2, 0.25) is 5.91 Å². The zero-order valence-electron chi connectivity index (χ0n) is 28.5. The third kappa shape index (κ3) is 7.05. The SMILES string of the molecule is C=CC(=O)Nc1cc(Nc2cc(N3OCCC3c3cccc4ccccc34)ncn2)c(OC)cc1N1CCC(N2CCN(CC)CC2)CC1. The van der Waals surface area contributed by atoms with Gasteiger partial charge in [-0.2, -0.15) is 0 Å². The third-order valence-electron chi connectivity index (χ3n) is 10.2. The second kappa shape index (κ2) is 14.8. The van der Waals surface area contributed by atoms with Gasteiger partial charge >= 0.3 is 0 Å². The number of hydrogen-bond acceptors (Lipinski definition) is 10. The number of nitrogens with one attached hydrogen (secondary N) is 2. The molecular formula is C38H46N8O3. The number of ether oxygens (including phenoxy) is 1. The Bertz CT molecular complexity index is 1780. The van der Waals surface area contributed by atoms with Crippen LogP contribution in [0.5, 0.6) is 5.75 Å². The average molecular weight is 663 g/mol. The van der Waals surface area contributed by atoms with Crippen LogP contribution in [0.25, 0.3) is 10.8 Å². The van der Waals surface area contributed by atoms with E-state index >= 15 is 0 Å². The van der Waals surface area contributed by atoms with Crippen molar-refractivity contribution in [1.82, 2.24) is 19.8 Å². The quantitative estimate of drug-likeness (QED) is 0.197. The van der Waals surface area contributed by atoms with E-state index < -0.39 is 0 Å². The summed E-state index contributed by atoms with van der Waals surface area (Å²) in [5.74, 6) is 1.61. The number of piperazine rings is 1. The molecule has 7 rings (SSSR count). The van der Waals surface area contributed by atoms with E-state index in [4.69, 9.17) is 9.57 Å². The van der Waals surface area contributed by atoms with Crippen molar-refractivity contribution >= 4 is 45.4 Å². The molecule has 1 atom stereocenters. The van der Waals surface area contributed by atoms with Crippen LogP contribution in [-0.2, 0) is 9.63 Å². The number of hydrogen-bond donors (Lipinski definition) is 2. The summed E-state index contributed by atoms with van der Waals surface area (Å²) in [6.07, 6.45) is 5.82. The summed E-state index contributed by atoms with van der Waals surface area (Å²) in [5, 5.41) is 10.8. The molecule has 11 nitrogen and oxygen atoms in total. The first-order chi connectivity index (χ1) is 24.0. The number of aromatic nitrogens is 2. The molecule has 11 heteroatoms. The molecule has 3 fully saturated rings. The predicted octanol–water partition coefficient (Wildman–Crippen LogP) is 6.00. The van der Waals surface area contributed by atoms with Gasteiger partial charge < -0.3 is 25.2 Å². The minimum absolute atomic E-state index is 0.00785. The molecule has 49 heavy (non-hydrogen) atoms. The Morgan fingerprint density at radius 1 is 0.980 bits per heavy atom. The lowest BCUT2D eigenvalue weighted by molar-refractivity contribution is -0.111. The second-order valence-electron chi connectivity index (χ2n) is 12.9. The summed E-state index contributed by atoms with van der Waals surface area (Å²) in [5.41, 5.74) is 3.49. The highest BCUT2D eigenvalue weighted by Crippen LogP contribution is 2.41. The molecule has 0 radical (unpaired) electrons. The number of amides is 1. The highest BCUT2D eigenvalue weighted by atomic mass is 16.7. The minimum atomic E-state index is -0.268. The van der Waals surface area contributed by atoms with Crippen LogP contribution in [0.4, 0.5) is 28.7 Å². The zero-order chi connectivity index (χ0) is 33.7. The van der Waals surface area contributed by atoms with E-state index in [1.807, 2.05) is 23.3 Å². The van der Waals surface area contributed by atoms with Crippen LogP contribution in [0.15, 0.2) is 79.6 Å². The van der Waals surface area contributed by atoms with Gasteiger partial charge in [-0.05, 0) is 47.9 Å². The molecule has 4 heterocycles. The molecule has 3 saturated heterocycles. The Morgan fingerprint density at radius 3 is 2.55 bits per heavy atom. The van der Waals surface area contributed by atoms with Crippen molar-refractivity contribution in [3.05, 3.63) is 85.2 Å². The lowest BCUT2D eigenvalue weighted by atomic mass is 9.97. The summed E-state index contributed by atoms with van der Waals surface area (Å²) in [7, 11) is 1.66. The van der Waals surface area contributed by atoms with E-state index in [0.29, 0.717) is 41.4 Å². The molecule has 1 amide bonds. The molecule has 1 unspecified atom stereocenters. The van der Waals surface area contributed by atoms with Gasteiger partial charge in [-0.15, -0.1) is 0 Å². The van der Waals surface area contributed by atoms with Crippen molar-refractivity contribution in [1.29, 1.82) is 0 Å². The topological polar surface area (TPSA) is 98.3 Å². The summed E-state index contributed by atoms with van der Waals surface area (Å²) < 4.78 is 5.90. The summed E-state index contributed by atoms with van der Waals surface area (Å²) in [6.45, 7) is 14.0. The Morgan fingerprint density at radius 2 is 1.78 bits per heavy atom. The van der Waals surface area contributed by atoms with Gasteiger partial charge in [0, 0.05) is 63.9 Å². The van der Waals surface area contributed by atoms with Crippen molar-refractivity contribution in [3.63, 3.8) is 0 Å². The Hall–Kier alpha value is -4.71. The van der Waals surface area contributed by atoms with Crippen LogP contribution in [0.2, 0.25) is 0 Å². The lowest BCUT2D eigenvalue weighted by Crippen LogP contribution is -2.53. The number of rotatable bonds is 10. The molecule has 4 aromatic rings. The number of carbonyl (C=O) groups excluding carboxylic acids is 1. The normalized spacial score (nSPS) is 19.3. The van der Waals surface area contributed by atoms with Gasteiger partial charge in [-0.1, -0.05) is 56.0 Å². The molecule has 256 valence electrons. The minimum Gasteiger partial charge on any atom is -0.494 e. The van der Waals surface area contributed by atoms with Crippen LogP contribution in [-0.4, -0.2) is 91.2 Å². The van der Waals surface area contributed by atoms with Gasteiger partial charge in [0.1, 0.15) is 17.9 Å². The van der Waals surface area contributed by atoms with E-state index in [0.717, 1.165) is 70.8 Å². The van der Waals surface area contributed by atoms with E-state index in [9.17, 15) is 4.79 Å². The number of methoxy groups -OCH3 is 1. The summed E-state index contributed by atoms with van der Waals surface area (Å²) in [6, 6.07) is 21.2. The van der Waals surface area contributed by atoms with Crippen LogP contribution in [0.1, 0.15) is 37.8 Å². The van der Waals surface area contributed by atoms with Crippen LogP contribution in [0.3, 0.4) is 0 Å². The largest absolute Gasteiger partial charge is 0.494 e. The van der Waals surface area contributed by atoms with Gasteiger partial charge in [0.25, 0.3) is 0 Å². The van der Waals surface area contributed by atoms with Gasteiger partial charge in [-0.3, -0.25) is 14.5 Å². The number of carbonyl (C=O) groups is 1. The van der Waals surface area contributed by atoms with E-state index in [2.05, 4.69) is 91.3 Å². The fraction of sp³-hybridized carbons (Fsp3) is 0.395. The molecule has 0 spiro atoms. The van der Waals surface area contributed by atoms with Crippen molar-refractivity contribution in [3.8, 4) is 5.75 Å². The van der Waals surface area contributed by atoms with Crippen LogP contribution < -0.4 is 25.3 Å². The summed E-state index contributed by atoms with van der Waals surface area (Å²) >= 11 is 0. The second-order valence-corrected chi connectivity index (χ2v) is 12.9. The number of piperidine rings is 1. The highest BCUT2D eigenvalue weighted by molar-refractivity contribution is 6.02. The number of benzene rings is 3. The molecule has 2 N–H and O–H groups in total. The number of anilines is 5. The molecule has 3 aliphatic heterocycles. The number of likely N-dealkylation sites (N-methyl/N-ethyl adjacent to an activating group) is 1. The summed E-state index contributed by atoms with van der Waals surface area (Å²) in [4.78, 5) is 35.4. The maximum absolute atomic E-state index is 12.6. The Labute approximate surface area is 288 Å². The fourth-order valence-corrected chi connectivity index (χ4v) is 7.49. The van der Waals surface area contributed by atoms with E-state index in [1.54, 1.807) is 7.11 Å². The van der Waals surface area contributed by atoms with Gasteiger partial charge in [0.05, 0.1) is 36.8 Å². The average Bonchev–Trinajstić information content (AvgIpc) is 3.65. The lowest BCUT2D eigenvalue weighted by Gasteiger charge is -2.43. The van der Waals surface area contributed by atoms with Crippen molar-refractivity contribution in [2.45, 2.75) is 38.3 Å². The van der Waals surface area contributed by atoms with Crippen LogP contribution in [0, 0.1) is 0 Å². The molecule has 3 aromatic carbocycles. The molecule has 0 saturated carbocycles. The third-order valence-corrected chi connectivity index (χ3v) is 10.2. The molecule has 3 aliphatic rings. The fourth-order valence-electron chi connectivity index (χ4n) is 7.49. The zero-order valence-corrected chi connectivity index (χ0v) is 28.5. The molecule has 1 aromatic heterocycles. The smallest absolute Gasteiger partial charge is 0.247 e. The predicted molar refractivity (Wildman–Crippen MR) is 196 cm³/mol. The number of nitrogens with zero attached hydrogens (tertiary/aromatic N) is 6. The maximum atomic E-state index is 12.6. The number of hydroxylamine groups is 1. The first-order valence-electron chi connectivity index (χ1n) is 17.4. The van der Waals surface area contributed by atoms with E-state index in [1.165, 1.54) is 28.7 Å².